The van der Waals surface area contributed by atoms with Crippen LogP contribution in [-0.2, 0) is 4.74 Å². The molecule has 1 rings (SSSR count). The molecule has 0 aliphatic carbocycles. The molecule has 0 N–H and O–H groups in total. The van der Waals surface area contributed by atoms with Crippen molar-refractivity contribution in [2.24, 2.45) is 0 Å². The van der Waals surface area contributed by atoms with Gasteiger partial charge in [0.25, 0.3) is 0 Å². The zero-order chi connectivity index (χ0) is 15.2. The highest BCUT2D eigenvalue weighted by molar-refractivity contribution is 5.17. The van der Waals surface area contributed by atoms with E-state index in [4.69, 9.17) is 4.74 Å². The van der Waals surface area contributed by atoms with Crippen LogP contribution in [0, 0.1) is 0 Å². The van der Waals surface area contributed by atoms with Gasteiger partial charge in [-0.15, -0.1) is 0 Å². The van der Waals surface area contributed by atoms with Gasteiger partial charge in [-0.1, -0.05) is 95.0 Å². The molecule has 0 bridgehead atoms. The van der Waals surface area contributed by atoms with Gasteiger partial charge in [-0.3, -0.25) is 0 Å². The van der Waals surface area contributed by atoms with Crippen molar-refractivity contribution in [3.05, 3.63) is 35.9 Å². The van der Waals surface area contributed by atoms with Gasteiger partial charge in [0.15, 0.2) is 0 Å². The molecule has 0 amide bonds. The van der Waals surface area contributed by atoms with Crippen molar-refractivity contribution < 1.29 is 4.74 Å². The zero-order valence-electron chi connectivity index (χ0n) is 14.2. The summed E-state index contributed by atoms with van der Waals surface area (Å²) in [6.45, 7) is 5.17. The second-order valence-corrected chi connectivity index (χ2v) is 5.97. The van der Waals surface area contributed by atoms with Gasteiger partial charge in [0, 0.05) is 6.61 Å². The number of hydrogen-bond acceptors (Lipinski definition) is 1. The van der Waals surface area contributed by atoms with E-state index >= 15 is 0 Å². The van der Waals surface area contributed by atoms with Crippen molar-refractivity contribution in [2.75, 3.05) is 6.61 Å². The SMILES string of the molecule is CCCCCCCCCCCC(OCC)c1ccccc1. The fraction of sp³-hybridized carbons (Fsp3) is 0.700. The van der Waals surface area contributed by atoms with Crippen LogP contribution in [-0.4, -0.2) is 6.61 Å². The summed E-state index contributed by atoms with van der Waals surface area (Å²) in [6, 6.07) is 10.7. The maximum atomic E-state index is 5.90. The summed E-state index contributed by atoms with van der Waals surface area (Å²) in [5.41, 5.74) is 1.33. The third kappa shape index (κ3) is 8.93. The van der Waals surface area contributed by atoms with E-state index in [9.17, 15) is 0 Å². The Labute approximate surface area is 132 Å². The third-order valence-corrected chi connectivity index (χ3v) is 4.11. The van der Waals surface area contributed by atoms with E-state index in [1.807, 2.05) is 0 Å². The Hall–Kier alpha value is -0.820. The first-order valence-electron chi connectivity index (χ1n) is 9.05. The van der Waals surface area contributed by atoms with Crippen LogP contribution >= 0.6 is 0 Å². The Balaban J connectivity index is 2.09. The van der Waals surface area contributed by atoms with E-state index in [0.717, 1.165) is 13.0 Å². The monoisotopic (exact) mass is 290 g/mol. The fourth-order valence-electron chi connectivity index (χ4n) is 2.86. The molecule has 1 aromatic carbocycles. The smallest absolute Gasteiger partial charge is 0.0824 e. The molecule has 0 fully saturated rings. The van der Waals surface area contributed by atoms with E-state index in [0.29, 0.717) is 6.10 Å². The molecule has 21 heavy (non-hydrogen) atoms. The second kappa shape index (κ2) is 12.9. The van der Waals surface area contributed by atoms with Gasteiger partial charge in [0.05, 0.1) is 6.10 Å². The molecule has 0 aliphatic rings. The van der Waals surface area contributed by atoms with Gasteiger partial charge in [-0.25, -0.2) is 0 Å². The summed E-state index contributed by atoms with van der Waals surface area (Å²) >= 11 is 0. The van der Waals surface area contributed by atoms with Crippen molar-refractivity contribution in [1.82, 2.24) is 0 Å². The van der Waals surface area contributed by atoms with Crippen molar-refractivity contribution in [2.45, 2.75) is 84.2 Å². The summed E-state index contributed by atoms with van der Waals surface area (Å²) < 4.78 is 5.90. The van der Waals surface area contributed by atoms with Crippen molar-refractivity contribution in [3.8, 4) is 0 Å². The van der Waals surface area contributed by atoms with E-state index < -0.39 is 0 Å². The molecule has 0 saturated heterocycles. The van der Waals surface area contributed by atoms with Crippen LogP contribution in [0.1, 0.15) is 89.7 Å². The van der Waals surface area contributed by atoms with Crippen LogP contribution in [0.2, 0.25) is 0 Å². The first-order valence-corrected chi connectivity index (χ1v) is 9.05. The predicted molar refractivity (Wildman–Crippen MR) is 92.7 cm³/mol. The third-order valence-electron chi connectivity index (χ3n) is 4.11. The molecular formula is C20H34O. The minimum atomic E-state index is 0.292. The first kappa shape index (κ1) is 18.2. The summed E-state index contributed by atoms with van der Waals surface area (Å²) in [4.78, 5) is 0. The fourth-order valence-corrected chi connectivity index (χ4v) is 2.86. The quantitative estimate of drug-likeness (QED) is 0.368. The molecule has 0 aromatic heterocycles. The molecule has 1 unspecified atom stereocenters. The van der Waals surface area contributed by atoms with Crippen LogP contribution in [0.15, 0.2) is 30.3 Å². The van der Waals surface area contributed by atoms with Gasteiger partial charge < -0.3 is 4.74 Å². The second-order valence-electron chi connectivity index (χ2n) is 5.97. The molecule has 0 saturated carbocycles. The van der Waals surface area contributed by atoms with Gasteiger partial charge in [-0.2, -0.15) is 0 Å². The highest BCUT2D eigenvalue weighted by atomic mass is 16.5. The lowest BCUT2D eigenvalue weighted by molar-refractivity contribution is 0.0542. The van der Waals surface area contributed by atoms with Crippen LogP contribution in [0.5, 0.6) is 0 Å². The zero-order valence-corrected chi connectivity index (χ0v) is 14.2. The summed E-state index contributed by atoms with van der Waals surface area (Å²) in [5, 5.41) is 0. The summed E-state index contributed by atoms with van der Waals surface area (Å²) in [6.07, 6.45) is 13.9. The van der Waals surface area contributed by atoms with Crippen LogP contribution in [0.25, 0.3) is 0 Å². The minimum absolute atomic E-state index is 0.292. The largest absolute Gasteiger partial charge is 0.374 e. The van der Waals surface area contributed by atoms with Crippen molar-refractivity contribution >= 4 is 0 Å². The van der Waals surface area contributed by atoms with Gasteiger partial charge >= 0.3 is 0 Å². The average Bonchev–Trinajstić information content (AvgIpc) is 2.53. The maximum absolute atomic E-state index is 5.90. The molecule has 1 atom stereocenters. The Kier molecular flexibility index (Phi) is 11.2. The number of unbranched alkanes of at least 4 members (excludes halogenated alkanes) is 8. The maximum Gasteiger partial charge on any atom is 0.0824 e. The molecular weight excluding hydrogens is 256 g/mol. The van der Waals surface area contributed by atoms with E-state index in [-0.39, 0.29) is 0 Å². The normalized spacial score (nSPS) is 12.5. The Morgan fingerprint density at radius 2 is 1.33 bits per heavy atom. The van der Waals surface area contributed by atoms with Gasteiger partial charge in [0.1, 0.15) is 0 Å². The molecule has 0 heterocycles. The summed E-state index contributed by atoms with van der Waals surface area (Å²) in [5.74, 6) is 0. The van der Waals surface area contributed by atoms with Gasteiger partial charge in [-0.05, 0) is 18.9 Å². The Bertz CT molecular complexity index is 320. The molecule has 1 aromatic rings. The van der Waals surface area contributed by atoms with Crippen molar-refractivity contribution in [1.29, 1.82) is 0 Å². The standard InChI is InChI=1S/C20H34O/c1-3-5-6-7-8-9-10-11-15-18-20(21-4-2)19-16-13-12-14-17-19/h12-14,16-17,20H,3-11,15,18H2,1-2H3. The number of ether oxygens (including phenoxy) is 1. The van der Waals surface area contributed by atoms with Gasteiger partial charge in [0.2, 0.25) is 0 Å². The van der Waals surface area contributed by atoms with E-state index in [1.54, 1.807) is 0 Å². The Morgan fingerprint density at radius 3 is 1.90 bits per heavy atom. The topological polar surface area (TPSA) is 9.23 Å². The van der Waals surface area contributed by atoms with Crippen LogP contribution in [0.4, 0.5) is 0 Å². The highest BCUT2D eigenvalue weighted by Gasteiger charge is 2.10. The molecule has 1 heteroatoms. The lowest BCUT2D eigenvalue weighted by Crippen LogP contribution is -2.04. The molecule has 0 spiro atoms. The molecule has 1 nitrogen and oxygen atoms in total. The highest BCUT2D eigenvalue weighted by Crippen LogP contribution is 2.24. The summed E-state index contributed by atoms with van der Waals surface area (Å²) in [7, 11) is 0. The molecule has 120 valence electrons. The lowest BCUT2D eigenvalue weighted by atomic mass is 10.0. The first-order chi connectivity index (χ1) is 10.4. The lowest BCUT2D eigenvalue weighted by Gasteiger charge is -2.17. The molecule has 0 radical (unpaired) electrons. The number of rotatable bonds is 13. The number of hydrogen-bond donors (Lipinski definition) is 0. The van der Waals surface area contributed by atoms with Crippen LogP contribution in [0.3, 0.4) is 0 Å². The predicted octanol–water partition coefficient (Wildman–Crippen LogP) is 6.69. The molecule has 0 aliphatic heterocycles. The van der Waals surface area contributed by atoms with Crippen molar-refractivity contribution in [3.63, 3.8) is 0 Å². The Morgan fingerprint density at radius 1 is 0.762 bits per heavy atom. The van der Waals surface area contributed by atoms with E-state index in [1.165, 1.54) is 63.4 Å². The van der Waals surface area contributed by atoms with E-state index in [2.05, 4.69) is 44.2 Å². The van der Waals surface area contributed by atoms with Crippen LogP contribution < -0.4 is 0 Å². The average molecular weight is 290 g/mol. The minimum Gasteiger partial charge on any atom is -0.374 e. The number of benzene rings is 1.